The summed E-state index contributed by atoms with van der Waals surface area (Å²) in [6.45, 7) is 2.79. The van der Waals surface area contributed by atoms with Crippen molar-refractivity contribution >= 4 is 5.91 Å². The smallest absolute Gasteiger partial charge is 0.220 e. The summed E-state index contributed by atoms with van der Waals surface area (Å²) in [5.74, 6) is -0.207. The van der Waals surface area contributed by atoms with Crippen LogP contribution in [-0.2, 0) is 23.7 Å². The predicted octanol–water partition coefficient (Wildman–Crippen LogP) is 19.0. The lowest BCUT2D eigenvalue weighted by atomic mass is 9.97. The van der Waals surface area contributed by atoms with Crippen molar-refractivity contribution in [2.45, 2.75) is 408 Å². The standard InChI is InChI=1S/C86H151NO13/c1-3-5-7-9-11-13-15-17-19-21-23-25-27-29-30-31-32-33-34-35-36-37-38-39-40-41-42-43-44-46-48-50-52-54-56-58-60-62-64-66-68-70-78(91)87-74(73-97-85-83(96)81(94)84(77(72-89)99-85)100-86-82(95)80(93)79(92)76(71-88)98-86)75(90)69-67-65-63-61-59-57-55-53-51-49-47-45-28-26-24-22-20-18-16-14-12-10-8-6-4-2/h5,7,11,13,17,19,23,25,29-30,32-33,35-36,38-39,41-42,74-77,79-86,88-90,92-96H,3-4,6,8-10,12,14-16,18,20-22,24,26-28,31,34,37,40,43-73H2,1-2H3,(H,87,91)/b7-5-,13-11-,19-17-,25-23-,30-29-,33-32-,36-35-,39-38-,42-41-. The van der Waals surface area contributed by atoms with Crippen LogP contribution in [0.25, 0.3) is 0 Å². The molecule has 2 aliphatic rings. The summed E-state index contributed by atoms with van der Waals surface area (Å²) in [4.78, 5) is 13.4. The van der Waals surface area contributed by atoms with E-state index in [0.717, 1.165) is 116 Å². The van der Waals surface area contributed by atoms with Crippen LogP contribution in [0.3, 0.4) is 0 Å². The van der Waals surface area contributed by atoms with E-state index < -0.39 is 86.8 Å². The van der Waals surface area contributed by atoms with E-state index in [2.05, 4.69) is 129 Å². The molecule has 9 N–H and O–H groups in total. The van der Waals surface area contributed by atoms with Crippen molar-refractivity contribution in [3.05, 3.63) is 109 Å². The number of amides is 1. The normalized spacial score (nSPS) is 22.4. The molecule has 2 heterocycles. The molecule has 0 saturated carbocycles. The minimum absolute atomic E-state index is 0.207. The number of aliphatic hydroxyl groups is 8. The lowest BCUT2D eigenvalue weighted by molar-refractivity contribution is -0.359. The zero-order valence-electron chi connectivity index (χ0n) is 63.4. The molecule has 2 fully saturated rings. The molecule has 2 rings (SSSR count). The van der Waals surface area contributed by atoms with E-state index in [9.17, 15) is 45.6 Å². The molecule has 0 spiro atoms. The number of nitrogens with one attached hydrogen (secondary N) is 1. The highest BCUT2D eigenvalue weighted by atomic mass is 16.7. The van der Waals surface area contributed by atoms with Crippen LogP contribution in [0.2, 0.25) is 0 Å². The van der Waals surface area contributed by atoms with Gasteiger partial charge in [-0.05, 0) is 83.5 Å². The summed E-state index contributed by atoms with van der Waals surface area (Å²) >= 11 is 0. The summed E-state index contributed by atoms with van der Waals surface area (Å²) in [5, 5.41) is 87.9. The van der Waals surface area contributed by atoms with E-state index in [-0.39, 0.29) is 12.5 Å². The number of aliphatic hydroxyl groups excluding tert-OH is 8. The first-order valence-corrected chi connectivity index (χ1v) is 41.1. The summed E-state index contributed by atoms with van der Waals surface area (Å²) in [7, 11) is 0. The zero-order valence-corrected chi connectivity index (χ0v) is 63.4. The van der Waals surface area contributed by atoms with Crippen molar-refractivity contribution in [2.75, 3.05) is 19.8 Å². The van der Waals surface area contributed by atoms with Crippen LogP contribution in [0.15, 0.2) is 109 Å². The summed E-state index contributed by atoms with van der Waals surface area (Å²) in [5.41, 5.74) is 0. The summed E-state index contributed by atoms with van der Waals surface area (Å²) in [6, 6.07) is -0.837. The van der Waals surface area contributed by atoms with Crippen LogP contribution < -0.4 is 5.32 Å². The summed E-state index contributed by atoms with van der Waals surface area (Å²) in [6.07, 6.45) is 82.6. The average molecular weight is 1410 g/mol. The number of unbranched alkanes of at least 4 members (excludes halogenated alkanes) is 37. The first-order chi connectivity index (χ1) is 49.1. The highest BCUT2D eigenvalue weighted by Gasteiger charge is 2.51. The third kappa shape index (κ3) is 50.9. The van der Waals surface area contributed by atoms with Gasteiger partial charge in [0, 0.05) is 6.42 Å². The quantitative estimate of drug-likeness (QED) is 0.0204. The molecule has 1 amide bonds. The molecule has 12 atom stereocenters. The molecule has 0 aliphatic carbocycles. The van der Waals surface area contributed by atoms with Crippen molar-refractivity contribution in [1.82, 2.24) is 5.32 Å². The number of carbonyl (C=O) groups is 1. The number of allylic oxidation sites excluding steroid dienone is 18. The van der Waals surface area contributed by atoms with Crippen LogP contribution >= 0.6 is 0 Å². The molecular weight excluding hydrogens is 1250 g/mol. The second-order valence-electron chi connectivity index (χ2n) is 28.5. The fourth-order valence-corrected chi connectivity index (χ4v) is 13.1. The largest absolute Gasteiger partial charge is 0.394 e. The Kier molecular flexibility index (Phi) is 63.7. The average Bonchev–Trinajstić information content (AvgIpc) is 0.791. The van der Waals surface area contributed by atoms with E-state index >= 15 is 0 Å². The molecule has 100 heavy (non-hydrogen) atoms. The molecular formula is C86H151NO13. The van der Waals surface area contributed by atoms with E-state index in [1.807, 2.05) is 0 Å². The lowest BCUT2D eigenvalue weighted by Crippen LogP contribution is -2.65. The maximum absolute atomic E-state index is 13.4. The van der Waals surface area contributed by atoms with Crippen molar-refractivity contribution in [2.24, 2.45) is 0 Å². The van der Waals surface area contributed by atoms with E-state index in [0.29, 0.717) is 12.8 Å². The van der Waals surface area contributed by atoms with Gasteiger partial charge in [-0.1, -0.05) is 354 Å². The van der Waals surface area contributed by atoms with Gasteiger partial charge in [-0.3, -0.25) is 4.79 Å². The highest BCUT2D eigenvalue weighted by molar-refractivity contribution is 5.76. The fraction of sp³-hybridized carbons (Fsp3) is 0.779. The van der Waals surface area contributed by atoms with Crippen molar-refractivity contribution in [3.63, 3.8) is 0 Å². The van der Waals surface area contributed by atoms with E-state index in [4.69, 9.17) is 18.9 Å². The highest BCUT2D eigenvalue weighted by Crippen LogP contribution is 2.30. The SMILES string of the molecule is CC/C=C\C/C=C\C/C=C\C/C=C\C/C=C\C/C=C\C/C=C\C/C=C\C/C=C\CCCCCCCCCCCCCCCC(=O)NC(COC1OC(CO)C(OC2OC(CO)C(O)C(O)C2O)C(O)C1O)C(O)CCCCCCCCCCCCCCCCCCCCCCCCCCC. The maximum atomic E-state index is 13.4. The molecule has 0 radical (unpaired) electrons. The Bertz CT molecular complexity index is 2100. The van der Waals surface area contributed by atoms with Gasteiger partial charge in [-0.2, -0.15) is 0 Å². The molecule has 2 saturated heterocycles. The minimum atomic E-state index is -1.79. The van der Waals surface area contributed by atoms with Gasteiger partial charge in [-0.25, -0.2) is 0 Å². The van der Waals surface area contributed by atoms with Gasteiger partial charge >= 0.3 is 0 Å². The maximum Gasteiger partial charge on any atom is 0.220 e. The minimum Gasteiger partial charge on any atom is -0.394 e. The molecule has 0 aromatic rings. The molecule has 2 aliphatic heterocycles. The van der Waals surface area contributed by atoms with E-state index in [1.165, 1.54) is 193 Å². The Labute approximate surface area is 610 Å². The number of rotatable bonds is 68. The Morgan fingerprint density at radius 1 is 0.370 bits per heavy atom. The van der Waals surface area contributed by atoms with E-state index in [1.54, 1.807) is 0 Å². The molecule has 0 aromatic carbocycles. The molecule has 12 unspecified atom stereocenters. The second kappa shape index (κ2) is 68.7. The Morgan fingerprint density at radius 3 is 1.06 bits per heavy atom. The van der Waals surface area contributed by atoms with Crippen LogP contribution in [0.4, 0.5) is 0 Å². The summed E-state index contributed by atoms with van der Waals surface area (Å²) < 4.78 is 23.0. The zero-order chi connectivity index (χ0) is 72.2. The second-order valence-corrected chi connectivity index (χ2v) is 28.5. The monoisotopic (exact) mass is 1410 g/mol. The number of carbonyl (C=O) groups excluding carboxylic acids is 1. The van der Waals surface area contributed by atoms with Crippen molar-refractivity contribution in [3.8, 4) is 0 Å². The fourth-order valence-electron chi connectivity index (χ4n) is 13.1. The first-order valence-electron chi connectivity index (χ1n) is 41.1. The molecule has 0 aromatic heterocycles. The third-order valence-electron chi connectivity index (χ3n) is 19.5. The molecule has 14 heteroatoms. The Balaban J connectivity index is 1.59. The molecule has 0 bridgehead atoms. The van der Waals surface area contributed by atoms with Crippen LogP contribution in [0.5, 0.6) is 0 Å². The Hall–Kier alpha value is -3.35. The number of hydrogen-bond acceptors (Lipinski definition) is 13. The van der Waals surface area contributed by atoms with Crippen LogP contribution in [0, 0.1) is 0 Å². The van der Waals surface area contributed by atoms with Gasteiger partial charge in [-0.15, -0.1) is 0 Å². The topological polar surface area (TPSA) is 228 Å². The van der Waals surface area contributed by atoms with Gasteiger partial charge in [0.2, 0.25) is 5.91 Å². The van der Waals surface area contributed by atoms with Gasteiger partial charge in [0.15, 0.2) is 12.6 Å². The van der Waals surface area contributed by atoms with Crippen molar-refractivity contribution < 1.29 is 64.6 Å². The third-order valence-corrected chi connectivity index (χ3v) is 19.5. The van der Waals surface area contributed by atoms with Crippen LogP contribution in [0.1, 0.15) is 335 Å². The van der Waals surface area contributed by atoms with Gasteiger partial charge in [0.05, 0.1) is 32.0 Å². The molecule has 578 valence electrons. The predicted molar refractivity (Wildman–Crippen MR) is 415 cm³/mol. The van der Waals surface area contributed by atoms with Gasteiger partial charge in [0.25, 0.3) is 0 Å². The Morgan fingerprint density at radius 2 is 0.690 bits per heavy atom. The van der Waals surface area contributed by atoms with Crippen molar-refractivity contribution in [1.29, 1.82) is 0 Å². The lowest BCUT2D eigenvalue weighted by Gasteiger charge is -2.46. The van der Waals surface area contributed by atoms with Gasteiger partial charge in [0.1, 0.15) is 48.8 Å². The van der Waals surface area contributed by atoms with Crippen LogP contribution in [-0.4, -0.2) is 140 Å². The number of hydrogen-bond donors (Lipinski definition) is 9. The first kappa shape index (κ1) is 92.7. The van der Waals surface area contributed by atoms with Gasteiger partial charge < -0.3 is 65.1 Å². The number of ether oxygens (including phenoxy) is 4. The molecule has 14 nitrogen and oxygen atoms in total.